The van der Waals surface area contributed by atoms with Crippen LogP contribution in [0.5, 0.6) is 0 Å². The molecule has 1 heterocycles. The SMILES string of the molecule is CCC1(C(=O)O)NOC=C1C(=O)c1ccc(C(F)(F)F)cc1[N+](=O)[O-]. The van der Waals surface area contributed by atoms with E-state index in [4.69, 9.17) is 0 Å². The molecule has 1 aliphatic heterocycles. The second-order valence-corrected chi connectivity index (χ2v) is 5.13. The second-order valence-electron chi connectivity index (χ2n) is 5.13. The number of nitrogens with one attached hydrogen (secondary N) is 1. The molecule has 25 heavy (non-hydrogen) atoms. The molecule has 1 unspecified atom stereocenters. The Labute approximate surface area is 138 Å². The van der Waals surface area contributed by atoms with Crippen molar-refractivity contribution in [2.75, 3.05) is 0 Å². The van der Waals surface area contributed by atoms with E-state index in [0.717, 1.165) is 6.26 Å². The summed E-state index contributed by atoms with van der Waals surface area (Å²) in [6, 6.07) is 1.38. The van der Waals surface area contributed by atoms with Crippen molar-refractivity contribution < 1.29 is 37.6 Å². The minimum absolute atomic E-state index is 0.145. The largest absolute Gasteiger partial charge is 0.480 e. The number of carboxylic acids is 1. The first-order valence-electron chi connectivity index (χ1n) is 6.81. The summed E-state index contributed by atoms with van der Waals surface area (Å²) in [4.78, 5) is 38.7. The van der Waals surface area contributed by atoms with Gasteiger partial charge in [-0.2, -0.15) is 13.2 Å². The number of carboxylic acid groups (broad SMARTS) is 1. The minimum atomic E-state index is -4.84. The highest BCUT2D eigenvalue weighted by molar-refractivity contribution is 6.16. The number of carbonyl (C=O) groups is 2. The smallest absolute Gasteiger partial charge is 0.416 e. The molecule has 2 N–H and O–H groups in total. The Kier molecular flexibility index (Phi) is 4.53. The van der Waals surface area contributed by atoms with Gasteiger partial charge in [-0.15, -0.1) is 5.48 Å². The molecule has 0 fully saturated rings. The Balaban J connectivity index is 2.57. The number of hydrogen-bond donors (Lipinski definition) is 2. The van der Waals surface area contributed by atoms with Crippen molar-refractivity contribution in [3.05, 3.63) is 51.3 Å². The van der Waals surface area contributed by atoms with Crippen molar-refractivity contribution in [1.82, 2.24) is 5.48 Å². The minimum Gasteiger partial charge on any atom is -0.480 e. The maximum atomic E-state index is 12.7. The average Bonchev–Trinajstić information content (AvgIpc) is 2.97. The zero-order chi connectivity index (χ0) is 19.0. The maximum Gasteiger partial charge on any atom is 0.416 e. The summed E-state index contributed by atoms with van der Waals surface area (Å²) in [5, 5.41) is 20.4. The summed E-state index contributed by atoms with van der Waals surface area (Å²) < 4.78 is 38.2. The van der Waals surface area contributed by atoms with E-state index >= 15 is 0 Å². The van der Waals surface area contributed by atoms with Gasteiger partial charge in [0.15, 0.2) is 5.54 Å². The van der Waals surface area contributed by atoms with Crippen molar-refractivity contribution in [3.63, 3.8) is 0 Å². The number of nitrogens with zero attached hydrogens (tertiary/aromatic N) is 1. The summed E-state index contributed by atoms with van der Waals surface area (Å²) in [7, 11) is 0. The molecule has 1 atom stereocenters. The number of nitro benzene ring substituents is 1. The van der Waals surface area contributed by atoms with Crippen LogP contribution < -0.4 is 5.48 Å². The molecule has 1 aromatic carbocycles. The van der Waals surface area contributed by atoms with Crippen LogP contribution >= 0.6 is 0 Å². The molecule has 0 aromatic heterocycles. The first-order chi connectivity index (χ1) is 11.5. The third-order valence-electron chi connectivity index (χ3n) is 3.78. The van der Waals surface area contributed by atoms with Gasteiger partial charge >= 0.3 is 12.1 Å². The van der Waals surface area contributed by atoms with Gasteiger partial charge in [0.25, 0.3) is 5.69 Å². The lowest BCUT2D eigenvalue weighted by Gasteiger charge is -2.23. The molecular weight excluding hydrogens is 349 g/mol. The van der Waals surface area contributed by atoms with Gasteiger partial charge in [0.05, 0.1) is 16.1 Å². The number of Topliss-reactive ketones (excluding diaryl/α,β-unsaturated/α-hetero) is 1. The molecule has 0 saturated heterocycles. The Morgan fingerprint density at radius 3 is 2.52 bits per heavy atom. The molecule has 0 spiro atoms. The second kappa shape index (κ2) is 6.16. The van der Waals surface area contributed by atoms with Crippen LogP contribution in [0, 0.1) is 10.1 Å². The number of hydroxylamine groups is 1. The van der Waals surface area contributed by atoms with Crippen molar-refractivity contribution in [2.24, 2.45) is 0 Å². The van der Waals surface area contributed by atoms with E-state index in [2.05, 4.69) is 10.3 Å². The van der Waals surface area contributed by atoms with Gasteiger partial charge in [-0.3, -0.25) is 14.9 Å². The van der Waals surface area contributed by atoms with Crippen LogP contribution in [-0.4, -0.2) is 27.3 Å². The van der Waals surface area contributed by atoms with Gasteiger partial charge in [-0.25, -0.2) is 4.79 Å². The van der Waals surface area contributed by atoms with E-state index in [1.807, 2.05) is 0 Å². The number of rotatable bonds is 5. The molecule has 2 rings (SSSR count). The standard InChI is InChI=1S/C14H11F3N2O6/c1-2-13(12(21)22)9(6-25-18-13)11(20)8-4-3-7(14(15,16)17)5-10(8)19(23)24/h3-6,18H,2H2,1H3,(H,21,22). The van der Waals surface area contributed by atoms with E-state index in [0.29, 0.717) is 12.1 Å². The van der Waals surface area contributed by atoms with Crippen molar-refractivity contribution in [1.29, 1.82) is 0 Å². The number of hydrogen-bond acceptors (Lipinski definition) is 6. The number of halogens is 3. The summed E-state index contributed by atoms with van der Waals surface area (Å²) in [6.07, 6.45) is -4.20. The zero-order valence-corrected chi connectivity index (χ0v) is 12.6. The molecule has 8 nitrogen and oxygen atoms in total. The van der Waals surface area contributed by atoms with Gasteiger partial charge < -0.3 is 9.94 Å². The Morgan fingerprint density at radius 2 is 2.04 bits per heavy atom. The molecule has 1 aromatic rings. The molecule has 0 bridgehead atoms. The molecule has 0 amide bonds. The highest BCUT2D eigenvalue weighted by Gasteiger charge is 2.49. The molecular formula is C14H11F3N2O6. The van der Waals surface area contributed by atoms with Gasteiger partial charge in [-0.1, -0.05) is 6.92 Å². The number of benzene rings is 1. The van der Waals surface area contributed by atoms with E-state index in [1.165, 1.54) is 6.92 Å². The number of nitro groups is 1. The van der Waals surface area contributed by atoms with Crippen LogP contribution in [-0.2, 0) is 15.8 Å². The van der Waals surface area contributed by atoms with E-state index < -0.39 is 50.8 Å². The van der Waals surface area contributed by atoms with Crippen LogP contribution in [0.4, 0.5) is 18.9 Å². The summed E-state index contributed by atoms with van der Waals surface area (Å²) in [6.45, 7) is 1.43. The Hall–Kier alpha value is -2.95. The van der Waals surface area contributed by atoms with Crippen LogP contribution in [0.1, 0.15) is 29.3 Å². The highest BCUT2D eigenvalue weighted by Crippen LogP contribution is 2.36. The third-order valence-corrected chi connectivity index (χ3v) is 3.78. The molecule has 1 aliphatic rings. The van der Waals surface area contributed by atoms with Gasteiger partial charge in [-0.05, 0) is 18.6 Å². The molecule has 0 saturated carbocycles. The number of alkyl halides is 3. The molecule has 0 aliphatic carbocycles. The number of carbonyl (C=O) groups excluding carboxylic acids is 1. The predicted octanol–water partition coefficient (Wildman–Crippen LogP) is 2.45. The van der Waals surface area contributed by atoms with Gasteiger partial charge in [0.2, 0.25) is 5.78 Å². The zero-order valence-electron chi connectivity index (χ0n) is 12.6. The van der Waals surface area contributed by atoms with Gasteiger partial charge in [0, 0.05) is 6.07 Å². The van der Waals surface area contributed by atoms with E-state index in [9.17, 15) is 38.0 Å². The summed E-state index contributed by atoms with van der Waals surface area (Å²) in [5.41, 5.74) is -3.31. The third kappa shape index (κ3) is 3.05. The number of ketones is 1. The Bertz CT molecular complexity index is 789. The van der Waals surface area contributed by atoms with Crippen LogP contribution in [0.3, 0.4) is 0 Å². The van der Waals surface area contributed by atoms with Crippen LogP contribution in [0.25, 0.3) is 0 Å². The fourth-order valence-corrected chi connectivity index (χ4v) is 2.36. The lowest BCUT2D eigenvalue weighted by atomic mass is 9.84. The predicted molar refractivity (Wildman–Crippen MR) is 75.4 cm³/mol. The lowest BCUT2D eigenvalue weighted by Crippen LogP contribution is -2.50. The lowest BCUT2D eigenvalue weighted by molar-refractivity contribution is -0.385. The normalized spacial score (nSPS) is 19.9. The quantitative estimate of drug-likeness (QED) is 0.470. The van der Waals surface area contributed by atoms with Crippen molar-refractivity contribution in [3.8, 4) is 0 Å². The summed E-state index contributed by atoms with van der Waals surface area (Å²) >= 11 is 0. The highest BCUT2D eigenvalue weighted by atomic mass is 19.4. The van der Waals surface area contributed by atoms with Crippen molar-refractivity contribution >= 4 is 17.4 Å². The maximum absolute atomic E-state index is 12.7. The number of aliphatic carboxylic acids is 1. The summed E-state index contributed by atoms with van der Waals surface area (Å²) in [5.74, 6) is -2.59. The first kappa shape index (κ1) is 18.4. The Morgan fingerprint density at radius 1 is 1.40 bits per heavy atom. The van der Waals surface area contributed by atoms with E-state index in [1.54, 1.807) is 0 Å². The average molecular weight is 360 g/mol. The van der Waals surface area contributed by atoms with E-state index in [-0.39, 0.29) is 12.5 Å². The monoisotopic (exact) mass is 360 g/mol. The topological polar surface area (TPSA) is 119 Å². The fourth-order valence-electron chi connectivity index (χ4n) is 2.36. The first-order valence-corrected chi connectivity index (χ1v) is 6.81. The van der Waals surface area contributed by atoms with Crippen LogP contribution in [0.2, 0.25) is 0 Å². The van der Waals surface area contributed by atoms with Gasteiger partial charge in [0.1, 0.15) is 11.8 Å². The molecule has 0 radical (unpaired) electrons. The van der Waals surface area contributed by atoms with Crippen molar-refractivity contribution in [2.45, 2.75) is 25.1 Å². The molecule has 134 valence electrons. The van der Waals surface area contributed by atoms with Crippen LogP contribution in [0.15, 0.2) is 30.0 Å². The molecule has 11 heteroatoms. The fraction of sp³-hybridized carbons (Fsp3) is 0.286.